The van der Waals surface area contributed by atoms with Crippen LogP contribution in [-0.2, 0) is 0 Å². The Bertz CT molecular complexity index is 916. The van der Waals surface area contributed by atoms with Crippen molar-refractivity contribution in [3.05, 3.63) is 76.8 Å². The van der Waals surface area contributed by atoms with Crippen molar-refractivity contribution in [2.75, 3.05) is 32.8 Å². The van der Waals surface area contributed by atoms with Crippen LogP contribution in [0.2, 0.25) is 5.02 Å². The minimum atomic E-state index is 0.110. The molecule has 0 aliphatic carbocycles. The van der Waals surface area contributed by atoms with Crippen molar-refractivity contribution in [3.8, 4) is 5.75 Å². The van der Waals surface area contributed by atoms with Gasteiger partial charge in [-0.05, 0) is 41.5 Å². The number of halogens is 1. The highest BCUT2D eigenvalue weighted by Crippen LogP contribution is 2.39. The quantitative estimate of drug-likeness (QED) is 0.682. The first-order valence-corrected chi connectivity index (χ1v) is 10.0. The van der Waals surface area contributed by atoms with E-state index in [2.05, 4.69) is 58.7 Å². The van der Waals surface area contributed by atoms with Crippen molar-refractivity contribution in [1.82, 2.24) is 10.2 Å². The molecule has 3 nitrogen and oxygen atoms in total. The molecule has 4 heteroatoms. The van der Waals surface area contributed by atoms with Gasteiger partial charge in [-0.1, -0.05) is 54.1 Å². The molecule has 1 aliphatic heterocycles. The van der Waals surface area contributed by atoms with Crippen LogP contribution in [0.15, 0.2) is 60.7 Å². The first-order valence-electron chi connectivity index (χ1n) is 9.62. The molecule has 140 valence electrons. The van der Waals surface area contributed by atoms with Gasteiger partial charge < -0.3 is 10.1 Å². The molecule has 0 radical (unpaired) electrons. The van der Waals surface area contributed by atoms with Crippen molar-refractivity contribution in [1.29, 1.82) is 0 Å². The lowest BCUT2D eigenvalue weighted by Gasteiger charge is -2.36. The van der Waals surface area contributed by atoms with Crippen molar-refractivity contribution >= 4 is 22.4 Å². The number of hydrogen-bond acceptors (Lipinski definition) is 3. The highest BCUT2D eigenvalue weighted by molar-refractivity contribution is 6.30. The van der Waals surface area contributed by atoms with E-state index in [0.29, 0.717) is 6.61 Å². The lowest BCUT2D eigenvalue weighted by molar-refractivity contribution is 0.195. The number of piperazine rings is 1. The summed E-state index contributed by atoms with van der Waals surface area (Å²) in [6.07, 6.45) is 0. The fourth-order valence-electron chi connectivity index (χ4n) is 4.01. The van der Waals surface area contributed by atoms with E-state index in [1.165, 1.54) is 16.3 Å². The third kappa shape index (κ3) is 3.81. The fourth-order valence-corrected chi connectivity index (χ4v) is 4.19. The molecule has 0 bridgehead atoms. The molecule has 1 heterocycles. The van der Waals surface area contributed by atoms with E-state index < -0.39 is 0 Å². The van der Waals surface area contributed by atoms with Gasteiger partial charge in [0.15, 0.2) is 0 Å². The van der Waals surface area contributed by atoms with Gasteiger partial charge in [-0.15, -0.1) is 0 Å². The molecule has 0 saturated carbocycles. The van der Waals surface area contributed by atoms with Gasteiger partial charge in [-0.25, -0.2) is 0 Å². The minimum absolute atomic E-state index is 0.110. The Hall–Kier alpha value is -2.07. The number of benzene rings is 3. The zero-order valence-corrected chi connectivity index (χ0v) is 16.4. The van der Waals surface area contributed by atoms with Crippen molar-refractivity contribution in [3.63, 3.8) is 0 Å². The molecule has 27 heavy (non-hydrogen) atoms. The number of nitrogens with zero attached hydrogens (tertiary/aromatic N) is 1. The molecule has 4 rings (SSSR count). The van der Waals surface area contributed by atoms with Crippen LogP contribution in [0.1, 0.15) is 24.1 Å². The van der Waals surface area contributed by atoms with Crippen LogP contribution < -0.4 is 10.1 Å². The molecule has 0 amide bonds. The largest absolute Gasteiger partial charge is 0.494 e. The second kappa shape index (κ2) is 8.30. The summed E-state index contributed by atoms with van der Waals surface area (Å²) in [4.78, 5) is 2.53. The Morgan fingerprint density at radius 1 is 1.00 bits per heavy atom. The Balaban J connectivity index is 1.91. The molecule has 0 aromatic heterocycles. The molecule has 3 aromatic carbocycles. The third-order valence-electron chi connectivity index (χ3n) is 5.20. The second-order valence-corrected chi connectivity index (χ2v) is 7.31. The van der Waals surface area contributed by atoms with Crippen LogP contribution in [0.5, 0.6) is 5.75 Å². The van der Waals surface area contributed by atoms with Crippen LogP contribution in [0.25, 0.3) is 10.8 Å². The number of nitrogens with one attached hydrogen (secondary N) is 1. The van der Waals surface area contributed by atoms with E-state index in [4.69, 9.17) is 16.3 Å². The van der Waals surface area contributed by atoms with Gasteiger partial charge in [0.05, 0.1) is 12.6 Å². The SMILES string of the molecule is CCOc1ccc(Cl)cc1C(c1cccc2ccccc12)N1CCNCC1. The Kier molecular flexibility index (Phi) is 5.63. The minimum Gasteiger partial charge on any atom is -0.494 e. The van der Waals surface area contributed by atoms with E-state index in [0.717, 1.165) is 42.5 Å². The van der Waals surface area contributed by atoms with Crippen molar-refractivity contribution in [2.45, 2.75) is 13.0 Å². The summed E-state index contributed by atoms with van der Waals surface area (Å²) in [6, 6.07) is 21.3. The molecular weight excluding hydrogens is 356 g/mol. The molecule has 1 saturated heterocycles. The highest BCUT2D eigenvalue weighted by Gasteiger charge is 2.28. The predicted octanol–water partition coefficient (Wildman–Crippen LogP) is 4.89. The van der Waals surface area contributed by atoms with E-state index in [1.54, 1.807) is 0 Å². The standard InChI is InChI=1S/C23H25ClN2O/c1-2-27-22-11-10-18(24)16-21(22)23(26-14-12-25-13-15-26)20-9-5-7-17-6-3-4-8-19(17)20/h3-11,16,23,25H,2,12-15H2,1H3. The summed E-state index contributed by atoms with van der Waals surface area (Å²) < 4.78 is 6.00. The maximum Gasteiger partial charge on any atom is 0.124 e. The van der Waals surface area contributed by atoms with Gasteiger partial charge in [-0.2, -0.15) is 0 Å². The number of fused-ring (bicyclic) bond motifs is 1. The van der Waals surface area contributed by atoms with E-state index in [1.807, 2.05) is 19.1 Å². The molecule has 0 spiro atoms. The first-order chi connectivity index (χ1) is 13.3. The maximum atomic E-state index is 6.42. The van der Waals surface area contributed by atoms with Crippen LogP contribution in [0.3, 0.4) is 0 Å². The normalized spacial score (nSPS) is 16.4. The molecule has 3 aromatic rings. The summed E-state index contributed by atoms with van der Waals surface area (Å²) in [5.41, 5.74) is 2.45. The average molecular weight is 381 g/mol. The summed E-state index contributed by atoms with van der Waals surface area (Å²) in [6.45, 7) is 6.63. The van der Waals surface area contributed by atoms with Gasteiger partial charge in [0.1, 0.15) is 5.75 Å². The van der Waals surface area contributed by atoms with Gasteiger partial charge >= 0.3 is 0 Å². The van der Waals surface area contributed by atoms with Gasteiger partial charge in [0, 0.05) is 36.8 Å². The molecular formula is C23H25ClN2O. The number of ether oxygens (including phenoxy) is 1. The zero-order chi connectivity index (χ0) is 18.6. The first kappa shape index (κ1) is 18.3. The summed E-state index contributed by atoms with van der Waals surface area (Å²) in [5, 5.41) is 6.75. The lowest BCUT2D eigenvalue weighted by Crippen LogP contribution is -2.45. The third-order valence-corrected chi connectivity index (χ3v) is 5.44. The molecule has 1 fully saturated rings. The number of hydrogen-bond donors (Lipinski definition) is 1. The highest BCUT2D eigenvalue weighted by atomic mass is 35.5. The van der Waals surface area contributed by atoms with Crippen LogP contribution >= 0.6 is 11.6 Å². The van der Waals surface area contributed by atoms with E-state index in [-0.39, 0.29) is 6.04 Å². The average Bonchev–Trinajstić information content (AvgIpc) is 2.71. The van der Waals surface area contributed by atoms with E-state index >= 15 is 0 Å². The topological polar surface area (TPSA) is 24.5 Å². The van der Waals surface area contributed by atoms with Crippen molar-refractivity contribution in [2.24, 2.45) is 0 Å². The zero-order valence-electron chi connectivity index (χ0n) is 15.6. The fraction of sp³-hybridized carbons (Fsp3) is 0.304. The smallest absolute Gasteiger partial charge is 0.124 e. The predicted molar refractivity (Wildman–Crippen MR) is 113 cm³/mol. The summed E-state index contributed by atoms with van der Waals surface area (Å²) >= 11 is 6.42. The molecule has 1 N–H and O–H groups in total. The van der Waals surface area contributed by atoms with Crippen LogP contribution in [0.4, 0.5) is 0 Å². The lowest BCUT2D eigenvalue weighted by atomic mass is 9.91. The van der Waals surface area contributed by atoms with Crippen LogP contribution in [0, 0.1) is 0 Å². The molecule has 1 aliphatic rings. The van der Waals surface area contributed by atoms with Gasteiger partial charge in [0.25, 0.3) is 0 Å². The van der Waals surface area contributed by atoms with Crippen molar-refractivity contribution < 1.29 is 4.74 Å². The second-order valence-electron chi connectivity index (χ2n) is 6.87. The van der Waals surface area contributed by atoms with Crippen LogP contribution in [-0.4, -0.2) is 37.7 Å². The Labute approximate surface area is 165 Å². The summed E-state index contributed by atoms with van der Waals surface area (Å²) in [7, 11) is 0. The Morgan fingerprint density at radius 2 is 1.78 bits per heavy atom. The van der Waals surface area contributed by atoms with Gasteiger partial charge in [-0.3, -0.25) is 4.90 Å². The molecule has 1 unspecified atom stereocenters. The molecule has 1 atom stereocenters. The monoisotopic (exact) mass is 380 g/mol. The van der Waals surface area contributed by atoms with Gasteiger partial charge in [0.2, 0.25) is 0 Å². The maximum absolute atomic E-state index is 6.42. The van der Waals surface area contributed by atoms with E-state index in [9.17, 15) is 0 Å². The Morgan fingerprint density at radius 3 is 2.59 bits per heavy atom. The number of rotatable bonds is 5. The summed E-state index contributed by atoms with van der Waals surface area (Å²) in [5.74, 6) is 0.915.